The van der Waals surface area contributed by atoms with Crippen molar-refractivity contribution < 1.29 is 24.2 Å². The Morgan fingerprint density at radius 2 is 1.47 bits per heavy atom. The molecule has 2 fully saturated rings. The molecular weight excluding hydrogens is 384 g/mol. The second-order valence-corrected chi connectivity index (χ2v) is 9.30. The van der Waals surface area contributed by atoms with Gasteiger partial charge in [-0.1, -0.05) is 38.5 Å². The maximum absolute atomic E-state index is 12.7. The lowest BCUT2D eigenvalue weighted by Gasteiger charge is -2.32. The topological polar surface area (TPSA) is 112 Å². The van der Waals surface area contributed by atoms with Crippen LogP contribution in [0.1, 0.15) is 94.6 Å². The van der Waals surface area contributed by atoms with Gasteiger partial charge in [0.25, 0.3) is 0 Å². The molecule has 0 aromatic carbocycles. The summed E-state index contributed by atoms with van der Waals surface area (Å²) in [5.41, 5.74) is -1.87. The normalized spacial score (nSPS) is 21.6. The molecule has 2 aliphatic rings. The smallest absolute Gasteiger partial charge is 0.223 e. The molecule has 3 rings (SSSR count). The lowest BCUT2D eigenvalue weighted by Crippen LogP contribution is -2.44. The maximum atomic E-state index is 12.7. The van der Waals surface area contributed by atoms with Gasteiger partial charge in [0.15, 0.2) is 0 Å². The maximum Gasteiger partial charge on any atom is 0.223 e. The van der Waals surface area contributed by atoms with E-state index < -0.39 is 17.2 Å². The molecule has 4 N–H and O–H groups in total. The molecular formula is C23H36N2O5. The van der Waals surface area contributed by atoms with Gasteiger partial charge in [0.1, 0.15) is 17.6 Å². The molecule has 7 nitrogen and oxygen atoms in total. The first-order valence-corrected chi connectivity index (χ1v) is 11.3. The summed E-state index contributed by atoms with van der Waals surface area (Å²) in [7, 11) is 0. The largest absolute Gasteiger partial charge is 0.464 e. The highest BCUT2D eigenvalue weighted by Crippen LogP contribution is 2.32. The average molecular weight is 421 g/mol. The van der Waals surface area contributed by atoms with Crippen LogP contribution in [0.4, 0.5) is 0 Å². The summed E-state index contributed by atoms with van der Waals surface area (Å²) in [4.78, 5) is 25.1. The molecule has 1 heterocycles. The first-order chi connectivity index (χ1) is 14.3. The number of nitrogens with one attached hydrogen (secondary N) is 2. The fourth-order valence-electron chi connectivity index (χ4n) is 4.76. The van der Waals surface area contributed by atoms with Crippen LogP contribution < -0.4 is 10.6 Å². The Kier molecular flexibility index (Phi) is 7.58. The second kappa shape index (κ2) is 9.96. The van der Waals surface area contributed by atoms with E-state index in [9.17, 15) is 19.8 Å². The van der Waals surface area contributed by atoms with Crippen LogP contribution >= 0.6 is 0 Å². The van der Waals surface area contributed by atoms with Crippen LogP contribution in [0, 0.1) is 6.92 Å². The monoisotopic (exact) mass is 420 g/mol. The Morgan fingerprint density at radius 1 is 0.933 bits per heavy atom. The van der Waals surface area contributed by atoms with Gasteiger partial charge in [-0.3, -0.25) is 9.59 Å². The summed E-state index contributed by atoms with van der Waals surface area (Å²) in [5, 5.41) is 27.0. The van der Waals surface area contributed by atoms with Gasteiger partial charge in [0.05, 0.1) is 24.0 Å². The molecule has 0 radical (unpaired) electrons. The third-order valence-corrected chi connectivity index (χ3v) is 6.49. The fraction of sp³-hybridized carbons (Fsp3) is 0.739. The number of rotatable bonds is 8. The second-order valence-electron chi connectivity index (χ2n) is 9.30. The van der Waals surface area contributed by atoms with Gasteiger partial charge in [-0.05, 0) is 44.7 Å². The van der Waals surface area contributed by atoms with Crippen LogP contribution in [0.3, 0.4) is 0 Å². The van der Waals surface area contributed by atoms with E-state index in [1.807, 2.05) is 13.0 Å². The van der Waals surface area contributed by atoms with Crippen LogP contribution in [0.5, 0.6) is 0 Å². The number of aliphatic hydroxyl groups is 2. The molecule has 0 aliphatic heterocycles. The van der Waals surface area contributed by atoms with Gasteiger partial charge in [0.2, 0.25) is 11.8 Å². The van der Waals surface area contributed by atoms with E-state index in [-0.39, 0.29) is 31.2 Å². The van der Waals surface area contributed by atoms with Crippen molar-refractivity contribution in [1.82, 2.24) is 10.6 Å². The minimum atomic E-state index is -0.945. The zero-order valence-corrected chi connectivity index (χ0v) is 18.0. The lowest BCUT2D eigenvalue weighted by atomic mass is 9.82. The summed E-state index contributed by atoms with van der Waals surface area (Å²) in [6.45, 7) is 2.00. The van der Waals surface area contributed by atoms with Gasteiger partial charge in [-0.25, -0.2) is 0 Å². The summed E-state index contributed by atoms with van der Waals surface area (Å²) >= 11 is 0. The number of hydrogen-bond donors (Lipinski definition) is 4. The number of carbonyl (C=O) groups excluding carboxylic acids is 2. The molecule has 7 heteroatoms. The van der Waals surface area contributed by atoms with Crippen LogP contribution in [-0.2, 0) is 9.59 Å². The van der Waals surface area contributed by atoms with Crippen molar-refractivity contribution in [3.63, 3.8) is 0 Å². The van der Waals surface area contributed by atoms with E-state index in [0.29, 0.717) is 31.4 Å². The SMILES string of the molecule is Cc1ccc([C@H](CNC(=O)CC2(O)CCCCC2)NC(=O)CC2(O)CCCCC2)o1. The summed E-state index contributed by atoms with van der Waals surface area (Å²) < 4.78 is 5.69. The predicted molar refractivity (Wildman–Crippen MR) is 113 cm³/mol. The first-order valence-electron chi connectivity index (χ1n) is 11.3. The minimum Gasteiger partial charge on any atom is -0.464 e. The fourth-order valence-corrected chi connectivity index (χ4v) is 4.76. The molecule has 0 saturated heterocycles. The van der Waals surface area contributed by atoms with Crippen molar-refractivity contribution >= 4 is 11.8 Å². The number of aryl methyl sites for hydroxylation is 1. The van der Waals surface area contributed by atoms with Crippen molar-refractivity contribution in [2.75, 3.05) is 6.54 Å². The number of furan rings is 1. The molecule has 0 bridgehead atoms. The zero-order valence-electron chi connectivity index (χ0n) is 18.0. The molecule has 0 unspecified atom stereocenters. The molecule has 30 heavy (non-hydrogen) atoms. The van der Waals surface area contributed by atoms with Gasteiger partial charge >= 0.3 is 0 Å². The Balaban J connectivity index is 1.57. The lowest BCUT2D eigenvalue weighted by molar-refractivity contribution is -0.130. The van der Waals surface area contributed by atoms with Crippen molar-refractivity contribution in [2.24, 2.45) is 0 Å². The van der Waals surface area contributed by atoms with Crippen molar-refractivity contribution in [3.05, 3.63) is 23.7 Å². The van der Waals surface area contributed by atoms with E-state index in [0.717, 1.165) is 44.3 Å². The van der Waals surface area contributed by atoms with E-state index in [4.69, 9.17) is 4.42 Å². The van der Waals surface area contributed by atoms with Crippen LogP contribution in [-0.4, -0.2) is 39.8 Å². The number of hydrogen-bond acceptors (Lipinski definition) is 5. The zero-order chi connectivity index (χ0) is 21.6. The van der Waals surface area contributed by atoms with Gasteiger partial charge in [0, 0.05) is 6.54 Å². The standard InChI is InChI=1S/C23H36N2O5/c1-17-8-9-19(30-17)18(25-21(27)15-23(29)12-6-3-7-13-23)16-24-20(26)14-22(28)10-4-2-5-11-22/h8-9,18,28-29H,2-7,10-16H2,1H3,(H,24,26)(H,25,27)/t18-/m0/s1. The quantitative estimate of drug-likeness (QED) is 0.516. The summed E-state index contributed by atoms with van der Waals surface area (Å²) in [5.74, 6) is 0.803. The Morgan fingerprint density at radius 3 is 1.97 bits per heavy atom. The van der Waals surface area contributed by atoms with Crippen molar-refractivity contribution in [2.45, 2.75) is 101 Å². The highest BCUT2D eigenvalue weighted by Gasteiger charge is 2.34. The van der Waals surface area contributed by atoms with Gasteiger partial charge in [-0.15, -0.1) is 0 Å². The Labute approximate surface area is 178 Å². The van der Waals surface area contributed by atoms with Gasteiger partial charge in [-0.2, -0.15) is 0 Å². The van der Waals surface area contributed by atoms with Crippen molar-refractivity contribution in [1.29, 1.82) is 0 Å². The van der Waals surface area contributed by atoms with E-state index >= 15 is 0 Å². The first kappa shape index (κ1) is 22.8. The molecule has 2 saturated carbocycles. The molecule has 168 valence electrons. The Bertz CT molecular complexity index is 717. The Hall–Kier alpha value is -1.86. The highest BCUT2D eigenvalue weighted by molar-refractivity contribution is 5.78. The third-order valence-electron chi connectivity index (χ3n) is 6.49. The molecule has 1 aromatic heterocycles. The summed E-state index contributed by atoms with van der Waals surface area (Å²) in [6.07, 6.45) is 8.65. The van der Waals surface area contributed by atoms with E-state index in [1.165, 1.54) is 0 Å². The van der Waals surface area contributed by atoms with Crippen LogP contribution in [0.2, 0.25) is 0 Å². The molecule has 1 aromatic rings. The van der Waals surface area contributed by atoms with E-state index in [1.54, 1.807) is 6.07 Å². The number of amides is 2. The molecule has 2 aliphatic carbocycles. The van der Waals surface area contributed by atoms with Crippen LogP contribution in [0.15, 0.2) is 16.5 Å². The third kappa shape index (κ3) is 6.57. The molecule has 1 atom stereocenters. The van der Waals surface area contributed by atoms with Crippen molar-refractivity contribution in [3.8, 4) is 0 Å². The highest BCUT2D eigenvalue weighted by atomic mass is 16.3. The molecule has 0 spiro atoms. The predicted octanol–water partition coefficient (Wildman–Crippen LogP) is 3.03. The van der Waals surface area contributed by atoms with Gasteiger partial charge < -0.3 is 25.3 Å². The minimum absolute atomic E-state index is 0.0525. The molecule has 2 amide bonds. The van der Waals surface area contributed by atoms with E-state index in [2.05, 4.69) is 10.6 Å². The average Bonchev–Trinajstić information content (AvgIpc) is 3.11. The number of carbonyl (C=O) groups is 2. The summed E-state index contributed by atoms with van der Waals surface area (Å²) in [6, 6.07) is 3.08. The van der Waals surface area contributed by atoms with Crippen LogP contribution in [0.25, 0.3) is 0 Å².